The van der Waals surface area contributed by atoms with Crippen molar-refractivity contribution in [2.45, 2.75) is 379 Å². The Bertz CT molecular complexity index is 1140. The quantitative estimate of drug-likeness (QED) is 0.0320. The molecule has 0 saturated heterocycles. The van der Waals surface area contributed by atoms with E-state index in [1.807, 2.05) is 0 Å². The molecule has 0 aromatic rings. The molecule has 0 rings (SSSR count). The highest BCUT2D eigenvalue weighted by atomic mass is 16.5. The lowest BCUT2D eigenvalue weighted by molar-refractivity contribution is -0.143. The lowest BCUT2D eigenvalue weighted by Gasteiger charge is -2.22. The number of allylic oxidation sites excluding steroid dienone is 4. The zero-order chi connectivity index (χ0) is 52.9. The van der Waals surface area contributed by atoms with Gasteiger partial charge in [-0.2, -0.15) is 0 Å². The fraction of sp³-hybridized carbons (Fsp3) is 0.910. The van der Waals surface area contributed by atoms with Crippen molar-refractivity contribution in [3.63, 3.8) is 0 Å². The minimum atomic E-state index is -0.665. The number of unbranched alkanes of at least 4 members (excludes halogenated alkanes) is 47. The summed E-state index contributed by atoms with van der Waals surface area (Å²) in [6.07, 6.45) is 77.7. The smallest absolute Gasteiger partial charge is 0.305 e. The molecule has 73 heavy (non-hydrogen) atoms. The molecule has 3 N–H and O–H groups in total. The molecule has 0 aliphatic carbocycles. The van der Waals surface area contributed by atoms with E-state index in [2.05, 4.69) is 43.5 Å². The van der Waals surface area contributed by atoms with Crippen LogP contribution in [0.25, 0.3) is 0 Å². The van der Waals surface area contributed by atoms with Crippen molar-refractivity contribution in [1.82, 2.24) is 5.32 Å². The SMILES string of the molecule is CCCCC/C=C\C/C=C\CCCCCCCCCCCC(=O)OCCCCCCCCCCCCCCCCCCCCCCCC(=O)NC(CO)C(O)CCCCCCCCCCCCCCCCCC. The van der Waals surface area contributed by atoms with E-state index >= 15 is 0 Å². The summed E-state index contributed by atoms with van der Waals surface area (Å²) in [5, 5.41) is 23.3. The number of nitrogens with one attached hydrogen (secondary N) is 1. The zero-order valence-corrected chi connectivity index (χ0v) is 49.4. The van der Waals surface area contributed by atoms with E-state index in [4.69, 9.17) is 4.74 Å². The summed E-state index contributed by atoms with van der Waals surface area (Å²) in [5.74, 6) is -0.0242. The van der Waals surface area contributed by atoms with Crippen LogP contribution in [0.15, 0.2) is 24.3 Å². The number of carbonyl (C=O) groups excluding carboxylic acids is 2. The first kappa shape index (κ1) is 71.3. The van der Waals surface area contributed by atoms with Gasteiger partial charge in [0.05, 0.1) is 25.4 Å². The van der Waals surface area contributed by atoms with Gasteiger partial charge in [-0.25, -0.2) is 0 Å². The molecule has 0 aliphatic rings. The van der Waals surface area contributed by atoms with Crippen LogP contribution in [0.4, 0.5) is 0 Å². The molecular formula is C67H129NO5. The summed E-state index contributed by atoms with van der Waals surface area (Å²) < 4.78 is 5.50. The van der Waals surface area contributed by atoms with Crippen LogP contribution in [-0.4, -0.2) is 47.4 Å². The van der Waals surface area contributed by atoms with Gasteiger partial charge in [0.2, 0.25) is 5.91 Å². The Kier molecular flexibility index (Phi) is 61.4. The summed E-state index contributed by atoms with van der Waals surface area (Å²) in [4.78, 5) is 24.6. The Morgan fingerprint density at radius 1 is 0.384 bits per heavy atom. The summed E-state index contributed by atoms with van der Waals surface area (Å²) >= 11 is 0. The molecule has 0 aromatic carbocycles. The molecule has 0 saturated carbocycles. The van der Waals surface area contributed by atoms with E-state index in [9.17, 15) is 19.8 Å². The largest absolute Gasteiger partial charge is 0.466 e. The fourth-order valence-corrected chi connectivity index (χ4v) is 10.4. The van der Waals surface area contributed by atoms with E-state index in [1.165, 1.54) is 283 Å². The highest BCUT2D eigenvalue weighted by molar-refractivity contribution is 5.76. The lowest BCUT2D eigenvalue weighted by Crippen LogP contribution is -2.45. The normalized spacial score (nSPS) is 12.7. The number of hydrogen-bond acceptors (Lipinski definition) is 5. The average Bonchev–Trinajstić information content (AvgIpc) is 3.39. The molecular weight excluding hydrogens is 899 g/mol. The zero-order valence-electron chi connectivity index (χ0n) is 49.4. The van der Waals surface area contributed by atoms with Gasteiger partial charge in [-0.3, -0.25) is 9.59 Å². The predicted octanol–water partition coefficient (Wildman–Crippen LogP) is 21.0. The number of amides is 1. The lowest BCUT2D eigenvalue weighted by atomic mass is 10.0. The van der Waals surface area contributed by atoms with E-state index in [0.29, 0.717) is 25.9 Å². The number of esters is 1. The number of hydrogen-bond donors (Lipinski definition) is 3. The van der Waals surface area contributed by atoms with Gasteiger partial charge in [0.15, 0.2) is 0 Å². The number of ether oxygens (including phenoxy) is 1. The van der Waals surface area contributed by atoms with Crippen LogP contribution in [0.2, 0.25) is 0 Å². The van der Waals surface area contributed by atoms with Crippen LogP contribution < -0.4 is 5.32 Å². The van der Waals surface area contributed by atoms with Gasteiger partial charge in [0.25, 0.3) is 0 Å². The Balaban J connectivity index is 3.37. The van der Waals surface area contributed by atoms with Crippen LogP contribution in [0.1, 0.15) is 367 Å². The van der Waals surface area contributed by atoms with Gasteiger partial charge >= 0.3 is 5.97 Å². The maximum atomic E-state index is 12.5. The molecule has 1 amide bonds. The number of carbonyl (C=O) groups is 2. The van der Waals surface area contributed by atoms with Crippen molar-refractivity contribution < 1.29 is 24.5 Å². The molecule has 2 unspecified atom stereocenters. The molecule has 0 radical (unpaired) electrons. The Labute approximate surface area is 456 Å². The molecule has 6 heteroatoms. The minimum absolute atomic E-state index is 0.00899. The number of aliphatic hydroxyl groups excluding tert-OH is 2. The molecule has 2 atom stereocenters. The van der Waals surface area contributed by atoms with Crippen LogP contribution in [0, 0.1) is 0 Å². The molecule has 0 fully saturated rings. The van der Waals surface area contributed by atoms with E-state index in [0.717, 1.165) is 51.4 Å². The van der Waals surface area contributed by atoms with Gasteiger partial charge in [-0.05, 0) is 57.8 Å². The third kappa shape index (κ3) is 59.4. The van der Waals surface area contributed by atoms with Gasteiger partial charge in [-0.15, -0.1) is 0 Å². The number of aliphatic hydroxyl groups is 2. The first-order valence-corrected chi connectivity index (χ1v) is 33.1. The van der Waals surface area contributed by atoms with Crippen LogP contribution in [0.5, 0.6) is 0 Å². The Hall–Kier alpha value is -1.66. The van der Waals surface area contributed by atoms with Crippen LogP contribution >= 0.6 is 0 Å². The first-order valence-electron chi connectivity index (χ1n) is 33.1. The van der Waals surface area contributed by atoms with Gasteiger partial charge in [0, 0.05) is 12.8 Å². The van der Waals surface area contributed by atoms with Crippen LogP contribution in [-0.2, 0) is 14.3 Å². The molecule has 0 bridgehead atoms. The molecule has 0 aromatic heterocycles. The fourth-order valence-electron chi connectivity index (χ4n) is 10.4. The standard InChI is InChI=1S/C67H129NO5/c1-3-5-7-9-11-13-15-17-19-21-25-29-33-37-41-45-49-53-57-61-67(72)73-62-58-54-50-46-42-38-34-30-27-24-22-23-26-28-32-36-40-44-48-52-56-60-66(71)68-64(63-69)65(70)59-55-51-47-43-39-35-31-20-18-16-14-12-10-8-6-4-2/h11,13,17,19,64-65,69-70H,3-10,12,14-16,18,20-63H2,1-2H3,(H,68,71)/b13-11-,19-17-. The second-order valence-electron chi connectivity index (χ2n) is 22.8. The van der Waals surface area contributed by atoms with Gasteiger partial charge < -0.3 is 20.3 Å². The molecule has 0 aliphatic heterocycles. The van der Waals surface area contributed by atoms with Gasteiger partial charge in [0.1, 0.15) is 0 Å². The van der Waals surface area contributed by atoms with Crippen molar-refractivity contribution >= 4 is 11.9 Å². The minimum Gasteiger partial charge on any atom is -0.466 e. The summed E-state index contributed by atoms with van der Waals surface area (Å²) in [5.41, 5.74) is 0. The van der Waals surface area contributed by atoms with E-state index in [1.54, 1.807) is 0 Å². The van der Waals surface area contributed by atoms with Crippen molar-refractivity contribution in [2.75, 3.05) is 13.2 Å². The van der Waals surface area contributed by atoms with Crippen molar-refractivity contribution in [1.29, 1.82) is 0 Å². The summed E-state index contributed by atoms with van der Waals surface area (Å²) in [7, 11) is 0. The van der Waals surface area contributed by atoms with Gasteiger partial charge in [-0.1, -0.05) is 321 Å². The molecule has 0 heterocycles. The maximum Gasteiger partial charge on any atom is 0.305 e. The first-order chi connectivity index (χ1) is 36.0. The highest BCUT2D eigenvalue weighted by Gasteiger charge is 2.20. The second-order valence-corrected chi connectivity index (χ2v) is 22.8. The summed E-state index contributed by atoms with van der Waals surface area (Å²) in [6.45, 7) is 4.95. The number of rotatable bonds is 62. The summed E-state index contributed by atoms with van der Waals surface area (Å²) in [6, 6.07) is -0.542. The predicted molar refractivity (Wildman–Crippen MR) is 320 cm³/mol. The van der Waals surface area contributed by atoms with Crippen LogP contribution in [0.3, 0.4) is 0 Å². The third-order valence-corrected chi connectivity index (χ3v) is 15.5. The van der Waals surface area contributed by atoms with Crippen molar-refractivity contribution in [3.8, 4) is 0 Å². The molecule has 0 spiro atoms. The van der Waals surface area contributed by atoms with E-state index in [-0.39, 0.29) is 18.5 Å². The van der Waals surface area contributed by atoms with Crippen molar-refractivity contribution in [3.05, 3.63) is 24.3 Å². The molecule has 432 valence electrons. The maximum absolute atomic E-state index is 12.5. The highest BCUT2D eigenvalue weighted by Crippen LogP contribution is 2.18. The Morgan fingerprint density at radius 2 is 0.685 bits per heavy atom. The van der Waals surface area contributed by atoms with E-state index < -0.39 is 12.1 Å². The monoisotopic (exact) mass is 1030 g/mol. The second kappa shape index (κ2) is 62.9. The molecule has 6 nitrogen and oxygen atoms in total. The topological polar surface area (TPSA) is 95.9 Å². The third-order valence-electron chi connectivity index (χ3n) is 15.5. The Morgan fingerprint density at radius 3 is 1.07 bits per heavy atom. The average molecular weight is 1030 g/mol. The van der Waals surface area contributed by atoms with Crippen molar-refractivity contribution in [2.24, 2.45) is 0 Å².